The van der Waals surface area contributed by atoms with Crippen molar-refractivity contribution in [1.29, 1.82) is 0 Å². The number of nitrogen functional groups attached to an aromatic ring is 1. The number of anilines is 2. The lowest BCUT2D eigenvalue weighted by molar-refractivity contribution is -0.138. The maximum absolute atomic E-state index is 12.7. The van der Waals surface area contributed by atoms with E-state index in [0.717, 1.165) is 5.01 Å². The highest BCUT2D eigenvalue weighted by molar-refractivity contribution is 6.42. The molecule has 8 nitrogen and oxygen atoms in total. The van der Waals surface area contributed by atoms with Crippen LogP contribution in [0, 0.1) is 0 Å². The molecule has 6 N–H and O–H groups in total. The van der Waals surface area contributed by atoms with Gasteiger partial charge in [-0.1, -0.05) is 29.3 Å². The Hall–Kier alpha value is -2.81. The first-order chi connectivity index (χ1) is 13.8. The normalized spacial score (nSPS) is 13.5. The van der Waals surface area contributed by atoms with Crippen molar-refractivity contribution in [3.8, 4) is 11.5 Å². The average molecular weight is 439 g/mol. The van der Waals surface area contributed by atoms with Crippen molar-refractivity contribution in [2.24, 2.45) is 11.6 Å². The lowest BCUT2D eigenvalue weighted by atomic mass is 10.1. The van der Waals surface area contributed by atoms with Crippen molar-refractivity contribution < 1.29 is 19.0 Å². The van der Waals surface area contributed by atoms with Gasteiger partial charge < -0.3 is 25.7 Å². The molecule has 0 amide bonds. The lowest BCUT2D eigenvalue weighted by Gasteiger charge is -2.26. The zero-order valence-electron chi connectivity index (χ0n) is 15.6. The van der Waals surface area contributed by atoms with E-state index in [9.17, 15) is 4.79 Å². The van der Waals surface area contributed by atoms with Gasteiger partial charge in [-0.15, -0.1) is 0 Å². The number of ether oxygens (including phenoxy) is 3. The summed E-state index contributed by atoms with van der Waals surface area (Å²) in [5.41, 5.74) is 13.3. The third-order valence-corrected chi connectivity index (χ3v) is 4.89. The number of nitrogens with two attached hydrogens (primary N) is 3. The number of halogens is 2. The highest BCUT2D eigenvalue weighted by Crippen LogP contribution is 2.39. The molecule has 0 saturated carbocycles. The van der Waals surface area contributed by atoms with E-state index in [2.05, 4.69) is 0 Å². The molecule has 0 bridgehead atoms. The highest BCUT2D eigenvalue weighted by atomic mass is 35.5. The molecular formula is C19H20Cl2N4O4. The number of rotatable bonds is 5. The summed E-state index contributed by atoms with van der Waals surface area (Å²) in [6.07, 6.45) is 0. The smallest absolute Gasteiger partial charge is 0.358 e. The van der Waals surface area contributed by atoms with E-state index < -0.39 is 5.97 Å². The standard InChI is InChI=1S/C19H20Cl2N4O4/c1-2-27-19(26)18(17(23)10-3-4-11(20)12(21)7-10)25(24)14-9-16-15(8-13(14)22)28-5-6-29-16/h3-4,7-9H,2,5-6,22-24H2,1H3/b18-17+. The molecule has 1 aliphatic rings. The lowest BCUT2D eigenvalue weighted by Crippen LogP contribution is -2.37. The predicted octanol–water partition coefficient (Wildman–Crippen LogP) is 2.92. The molecule has 0 unspecified atom stereocenters. The number of benzene rings is 2. The summed E-state index contributed by atoms with van der Waals surface area (Å²) in [6.45, 7) is 2.59. The fourth-order valence-electron chi connectivity index (χ4n) is 2.76. The number of fused-ring (bicyclic) bond motifs is 1. The molecule has 1 aliphatic heterocycles. The zero-order chi connectivity index (χ0) is 21.1. The molecule has 2 aromatic rings. The van der Waals surface area contributed by atoms with Crippen LogP contribution in [0.15, 0.2) is 36.0 Å². The summed E-state index contributed by atoms with van der Waals surface area (Å²) in [5, 5.41) is 1.68. The molecule has 0 atom stereocenters. The van der Waals surface area contributed by atoms with Crippen LogP contribution < -0.4 is 31.8 Å². The van der Waals surface area contributed by atoms with E-state index in [1.807, 2.05) is 0 Å². The SMILES string of the molecule is CCOC(=O)/C(=C(\N)c1ccc(Cl)c(Cl)c1)N(N)c1cc2c(cc1N)OCCO2. The summed E-state index contributed by atoms with van der Waals surface area (Å²) < 4.78 is 16.2. The molecule has 2 aromatic carbocycles. The summed E-state index contributed by atoms with van der Waals surface area (Å²) >= 11 is 12.0. The summed E-state index contributed by atoms with van der Waals surface area (Å²) in [7, 11) is 0. The van der Waals surface area contributed by atoms with Gasteiger partial charge in [0.15, 0.2) is 17.2 Å². The fraction of sp³-hybridized carbons (Fsp3) is 0.211. The molecule has 0 aromatic heterocycles. The second-order valence-electron chi connectivity index (χ2n) is 6.04. The molecular weight excluding hydrogens is 419 g/mol. The van der Waals surface area contributed by atoms with Crippen LogP contribution in [0.4, 0.5) is 11.4 Å². The molecule has 1 heterocycles. The van der Waals surface area contributed by atoms with Crippen molar-refractivity contribution in [2.45, 2.75) is 6.92 Å². The predicted molar refractivity (Wildman–Crippen MR) is 113 cm³/mol. The number of esters is 1. The van der Waals surface area contributed by atoms with Crippen molar-refractivity contribution >= 4 is 46.2 Å². The number of carbonyl (C=O) groups is 1. The van der Waals surface area contributed by atoms with Gasteiger partial charge in [-0.25, -0.2) is 10.6 Å². The molecule has 0 saturated heterocycles. The van der Waals surface area contributed by atoms with E-state index in [0.29, 0.717) is 41.0 Å². The Morgan fingerprint density at radius 3 is 2.41 bits per heavy atom. The molecule has 0 aliphatic carbocycles. The first-order valence-electron chi connectivity index (χ1n) is 8.69. The Labute approximate surface area is 177 Å². The Balaban J connectivity index is 2.11. The van der Waals surface area contributed by atoms with Crippen LogP contribution in [0.2, 0.25) is 10.0 Å². The Morgan fingerprint density at radius 2 is 1.79 bits per heavy atom. The van der Waals surface area contributed by atoms with Crippen LogP contribution in [0.1, 0.15) is 12.5 Å². The molecule has 0 radical (unpaired) electrons. The first-order valence-corrected chi connectivity index (χ1v) is 9.45. The van der Waals surface area contributed by atoms with Gasteiger partial charge in [0.05, 0.1) is 33.7 Å². The van der Waals surface area contributed by atoms with Gasteiger partial charge in [0.1, 0.15) is 13.2 Å². The Bertz CT molecular complexity index is 981. The molecule has 0 fully saturated rings. The fourth-order valence-corrected chi connectivity index (χ4v) is 3.06. The minimum Gasteiger partial charge on any atom is -0.486 e. The van der Waals surface area contributed by atoms with Crippen molar-refractivity contribution in [3.05, 3.63) is 51.6 Å². The highest BCUT2D eigenvalue weighted by Gasteiger charge is 2.26. The second kappa shape index (κ2) is 8.69. The summed E-state index contributed by atoms with van der Waals surface area (Å²) in [4.78, 5) is 12.7. The molecule has 29 heavy (non-hydrogen) atoms. The van der Waals surface area contributed by atoms with Crippen molar-refractivity contribution in [3.63, 3.8) is 0 Å². The zero-order valence-corrected chi connectivity index (χ0v) is 17.1. The van der Waals surface area contributed by atoms with Crippen molar-refractivity contribution in [1.82, 2.24) is 0 Å². The van der Waals surface area contributed by atoms with Crippen LogP contribution in [-0.2, 0) is 9.53 Å². The van der Waals surface area contributed by atoms with Gasteiger partial charge in [-0.2, -0.15) is 0 Å². The van der Waals surface area contributed by atoms with E-state index >= 15 is 0 Å². The molecule has 154 valence electrons. The monoisotopic (exact) mass is 438 g/mol. The van der Waals surface area contributed by atoms with Gasteiger partial charge in [0.25, 0.3) is 0 Å². The van der Waals surface area contributed by atoms with Crippen LogP contribution in [-0.4, -0.2) is 25.8 Å². The third-order valence-electron chi connectivity index (χ3n) is 4.15. The minimum absolute atomic E-state index is 0.0406. The van der Waals surface area contributed by atoms with Gasteiger partial charge >= 0.3 is 5.97 Å². The van der Waals surface area contributed by atoms with Gasteiger partial charge in [0, 0.05) is 17.7 Å². The van der Waals surface area contributed by atoms with Gasteiger partial charge in [-0.05, 0) is 19.1 Å². The van der Waals surface area contributed by atoms with Gasteiger partial charge in [-0.3, -0.25) is 5.01 Å². The maximum Gasteiger partial charge on any atom is 0.358 e. The third kappa shape index (κ3) is 4.29. The average Bonchev–Trinajstić information content (AvgIpc) is 2.69. The minimum atomic E-state index is -0.729. The number of hydrogen-bond acceptors (Lipinski definition) is 8. The molecule has 3 rings (SSSR count). The molecule has 10 heteroatoms. The van der Waals surface area contributed by atoms with E-state index in [-0.39, 0.29) is 28.7 Å². The second-order valence-corrected chi connectivity index (χ2v) is 6.85. The van der Waals surface area contributed by atoms with Crippen LogP contribution in [0.3, 0.4) is 0 Å². The van der Waals surface area contributed by atoms with Crippen molar-refractivity contribution in [2.75, 3.05) is 30.6 Å². The number of hydrazine groups is 1. The topological polar surface area (TPSA) is 126 Å². The summed E-state index contributed by atoms with van der Waals surface area (Å²) in [5.74, 6) is 6.48. The maximum atomic E-state index is 12.7. The Morgan fingerprint density at radius 1 is 1.14 bits per heavy atom. The van der Waals surface area contributed by atoms with E-state index in [1.54, 1.807) is 31.2 Å². The quantitative estimate of drug-likeness (QED) is 0.214. The van der Waals surface area contributed by atoms with E-state index in [4.69, 9.17) is 54.7 Å². The Kier molecular flexibility index (Phi) is 6.26. The van der Waals surface area contributed by atoms with Crippen LogP contribution in [0.25, 0.3) is 5.70 Å². The van der Waals surface area contributed by atoms with Crippen LogP contribution in [0.5, 0.6) is 11.5 Å². The summed E-state index contributed by atoms with van der Waals surface area (Å²) in [6, 6.07) is 7.85. The van der Waals surface area contributed by atoms with Crippen LogP contribution >= 0.6 is 23.2 Å². The van der Waals surface area contributed by atoms with E-state index in [1.165, 1.54) is 6.07 Å². The first kappa shape index (κ1) is 20.9. The molecule has 0 spiro atoms. The number of carbonyl (C=O) groups excluding carboxylic acids is 1. The number of nitrogens with zero attached hydrogens (tertiary/aromatic N) is 1. The van der Waals surface area contributed by atoms with Gasteiger partial charge in [0.2, 0.25) is 0 Å². The number of hydrogen-bond donors (Lipinski definition) is 3. The largest absolute Gasteiger partial charge is 0.486 e.